The van der Waals surface area contributed by atoms with Crippen molar-refractivity contribution in [3.05, 3.63) is 87.9 Å². The van der Waals surface area contributed by atoms with Crippen molar-refractivity contribution in [1.82, 2.24) is 19.7 Å². The molecule has 2 atom stereocenters. The maximum Gasteiger partial charge on any atom is 0.403 e. The fourth-order valence-corrected chi connectivity index (χ4v) is 4.91. The van der Waals surface area contributed by atoms with Gasteiger partial charge in [-0.2, -0.15) is 18.3 Å². The highest BCUT2D eigenvalue weighted by atomic mass is 35.5. The number of nitrogens with one attached hydrogen (secondary N) is 1. The summed E-state index contributed by atoms with van der Waals surface area (Å²) in [5.74, 6) is -0.843. The number of hydrogen-bond acceptors (Lipinski definition) is 4. The number of carbonyl (C=O) groups excluding carboxylic acids is 1. The van der Waals surface area contributed by atoms with E-state index in [0.29, 0.717) is 22.0 Å². The Morgan fingerprint density at radius 3 is 2.40 bits per heavy atom. The lowest BCUT2D eigenvalue weighted by Gasteiger charge is -2.33. The first kappa shape index (κ1) is 27.8. The zero-order chi connectivity index (χ0) is 28.8. The molecule has 1 N–H and O–H groups in total. The van der Waals surface area contributed by atoms with Gasteiger partial charge in [0.05, 0.1) is 23.4 Å². The van der Waals surface area contributed by atoms with E-state index in [0.717, 1.165) is 10.9 Å². The summed E-state index contributed by atoms with van der Waals surface area (Å²) in [5, 5.41) is 8.37. The summed E-state index contributed by atoms with van der Waals surface area (Å²) in [4.78, 5) is 24.7. The molecule has 1 amide bonds. The second kappa shape index (κ2) is 10.3. The standard InChI is InChI=1S/C29H28ClF3N4O3/c1-17(2)25(35-27(39)28(12-13-28)29(31,32)33)26(18-4-6-20(30)7-5-18)40-22-9-10-23-19(14-22)15-34-37(23)21-8-11-24(38)36(3)16-21/h4-11,14-17,25-26H,12-13H2,1-3H3,(H,35,39)/t25-,26+/m0/s1. The van der Waals surface area contributed by atoms with Crippen LogP contribution >= 0.6 is 11.6 Å². The quantitative estimate of drug-likeness (QED) is 0.282. The normalized spacial score (nSPS) is 16.1. The lowest BCUT2D eigenvalue weighted by atomic mass is 9.91. The summed E-state index contributed by atoms with van der Waals surface area (Å²) in [5.41, 5.74) is -0.367. The highest BCUT2D eigenvalue weighted by Crippen LogP contribution is 2.58. The van der Waals surface area contributed by atoms with Crippen LogP contribution in [0.5, 0.6) is 5.75 Å². The average molecular weight is 573 g/mol. The predicted octanol–water partition coefficient (Wildman–Crippen LogP) is 5.98. The van der Waals surface area contributed by atoms with Gasteiger partial charge in [0.15, 0.2) is 0 Å². The van der Waals surface area contributed by atoms with Gasteiger partial charge in [0, 0.05) is 29.7 Å². The number of benzene rings is 2. The molecule has 1 saturated carbocycles. The average Bonchev–Trinajstić information content (AvgIpc) is 3.63. The van der Waals surface area contributed by atoms with Gasteiger partial charge >= 0.3 is 6.18 Å². The lowest BCUT2D eigenvalue weighted by molar-refractivity contribution is -0.193. The molecular weight excluding hydrogens is 545 g/mol. The van der Waals surface area contributed by atoms with E-state index in [9.17, 15) is 22.8 Å². The first-order chi connectivity index (χ1) is 18.9. The molecule has 2 heterocycles. The number of nitrogens with zero attached hydrogens (tertiary/aromatic N) is 3. The number of hydrogen-bond donors (Lipinski definition) is 1. The molecular formula is C29H28ClF3N4O3. The van der Waals surface area contributed by atoms with Crippen LogP contribution < -0.4 is 15.6 Å². The minimum Gasteiger partial charge on any atom is -0.484 e. The van der Waals surface area contributed by atoms with Gasteiger partial charge in [-0.15, -0.1) is 0 Å². The number of ether oxygens (including phenoxy) is 1. The van der Waals surface area contributed by atoms with Gasteiger partial charge in [0.2, 0.25) is 11.5 Å². The number of rotatable bonds is 8. The van der Waals surface area contributed by atoms with Crippen molar-refractivity contribution in [1.29, 1.82) is 0 Å². The van der Waals surface area contributed by atoms with Crippen molar-refractivity contribution >= 4 is 28.4 Å². The van der Waals surface area contributed by atoms with Crippen LogP contribution in [0, 0.1) is 11.3 Å². The van der Waals surface area contributed by atoms with Gasteiger partial charge in [-0.3, -0.25) is 9.59 Å². The van der Waals surface area contributed by atoms with Crippen molar-refractivity contribution in [2.75, 3.05) is 0 Å². The number of aryl methyl sites for hydroxylation is 1. The Balaban J connectivity index is 1.48. The largest absolute Gasteiger partial charge is 0.484 e. The molecule has 1 fully saturated rings. The number of amides is 1. The molecule has 2 aromatic carbocycles. The molecule has 0 spiro atoms. The Morgan fingerprint density at radius 1 is 1.10 bits per heavy atom. The maximum atomic E-state index is 13.7. The van der Waals surface area contributed by atoms with Gasteiger partial charge < -0.3 is 14.6 Å². The molecule has 4 aromatic rings. The third-order valence-corrected chi connectivity index (χ3v) is 7.64. The van der Waals surface area contributed by atoms with Gasteiger partial charge in [0.25, 0.3) is 0 Å². The molecule has 1 aliphatic rings. The number of halogens is 4. The summed E-state index contributed by atoms with van der Waals surface area (Å²) in [6.45, 7) is 3.65. The summed E-state index contributed by atoms with van der Waals surface area (Å²) in [6.07, 6.45) is -2.54. The smallest absolute Gasteiger partial charge is 0.403 e. The molecule has 0 radical (unpaired) electrons. The lowest BCUT2D eigenvalue weighted by Crippen LogP contribution is -2.50. The van der Waals surface area contributed by atoms with Gasteiger partial charge in [-0.1, -0.05) is 37.6 Å². The first-order valence-electron chi connectivity index (χ1n) is 12.8. The Bertz CT molecular complexity index is 1610. The number of aromatic nitrogens is 3. The molecule has 0 saturated heterocycles. The Kier molecular flexibility index (Phi) is 7.16. The van der Waals surface area contributed by atoms with E-state index in [2.05, 4.69) is 10.4 Å². The van der Waals surface area contributed by atoms with Crippen LogP contribution in [-0.4, -0.2) is 32.5 Å². The summed E-state index contributed by atoms with van der Waals surface area (Å²) in [6, 6.07) is 14.5. The minimum absolute atomic E-state index is 0.140. The SMILES string of the molecule is CC(C)[C@H](NC(=O)C1(C(F)(F)F)CC1)[C@H](Oc1ccc2c(cnn2-c2ccc(=O)n(C)c2)c1)c1ccc(Cl)cc1. The fourth-order valence-electron chi connectivity index (χ4n) is 4.79. The van der Waals surface area contributed by atoms with Crippen LogP contribution in [0.25, 0.3) is 16.6 Å². The molecule has 0 aliphatic heterocycles. The van der Waals surface area contributed by atoms with E-state index in [4.69, 9.17) is 16.3 Å². The molecule has 40 heavy (non-hydrogen) atoms. The highest BCUT2D eigenvalue weighted by Gasteiger charge is 2.68. The van der Waals surface area contributed by atoms with Gasteiger partial charge in [-0.05, 0) is 60.7 Å². The van der Waals surface area contributed by atoms with Crippen LogP contribution in [0.2, 0.25) is 5.02 Å². The van der Waals surface area contributed by atoms with Crippen molar-refractivity contribution < 1.29 is 22.7 Å². The van der Waals surface area contributed by atoms with Crippen LogP contribution in [0.1, 0.15) is 38.4 Å². The first-order valence-corrected chi connectivity index (χ1v) is 13.2. The molecule has 0 unspecified atom stereocenters. The van der Waals surface area contributed by atoms with E-state index in [1.54, 1.807) is 66.6 Å². The van der Waals surface area contributed by atoms with E-state index < -0.39 is 29.6 Å². The summed E-state index contributed by atoms with van der Waals surface area (Å²) in [7, 11) is 1.66. The zero-order valence-corrected chi connectivity index (χ0v) is 22.8. The minimum atomic E-state index is -4.62. The number of fused-ring (bicyclic) bond motifs is 1. The summed E-state index contributed by atoms with van der Waals surface area (Å²) >= 11 is 6.09. The number of carbonyl (C=O) groups is 1. The fraction of sp³-hybridized carbons (Fsp3) is 0.345. The van der Waals surface area contributed by atoms with Gasteiger partial charge in [0.1, 0.15) is 17.3 Å². The molecule has 210 valence electrons. The molecule has 0 bridgehead atoms. The second-order valence-corrected chi connectivity index (χ2v) is 11.0. The van der Waals surface area contributed by atoms with Gasteiger partial charge in [-0.25, -0.2) is 4.68 Å². The Hall–Kier alpha value is -3.79. The Morgan fingerprint density at radius 2 is 1.80 bits per heavy atom. The number of pyridine rings is 1. The zero-order valence-electron chi connectivity index (χ0n) is 22.1. The number of alkyl halides is 3. The van der Waals surface area contributed by atoms with E-state index >= 15 is 0 Å². The molecule has 1 aliphatic carbocycles. The third kappa shape index (κ3) is 5.20. The molecule has 11 heteroatoms. The van der Waals surface area contributed by atoms with E-state index in [1.165, 1.54) is 10.6 Å². The van der Waals surface area contributed by atoms with Crippen LogP contribution in [0.4, 0.5) is 13.2 Å². The van der Waals surface area contributed by atoms with E-state index in [1.807, 2.05) is 19.9 Å². The van der Waals surface area contributed by atoms with Crippen LogP contribution in [-0.2, 0) is 11.8 Å². The maximum absolute atomic E-state index is 13.7. The van der Waals surface area contributed by atoms with Crippen LogP contribution in [0.3, 0.4) is 0 Å². The predicted molar refractivity (Wildman–Crippen MR) is 146 cm³/mol. The van der Waals surface area contributed by atoms with Crippen molar-refractivity contribution in [2.24, 2.45) is 18.4 Å². The molecule has 7 nitrogen and oxygen atoms in total. The Labute approximate surface area is 233 Å². The molecule has 5 rings (SSSR count). The van der Waals surface area contributed by atoms with Crippen molar-refractivity contribution in [2.45, 2.75) is 45.0 Å². The van der Waals surface area contributed by atoms with Crippen molar-refractivity contribution in [3.63, 3.8) is 0 Å². The monoisotopic (exact) mass is 572 g/mol. The van der Waals surface area contributed by atoms with E-state index in [-0.39, 0.29) is 24.3 Å². The molecule has 2 aromatic heterocycles. The third-order valence-electron chi connectivity index (χ3n) is 7.39. The topological polar surface area (TPSA) is 78.2 Å². The summed E-state index contributed by atoms with van der Waals surface area (Å²) < 4.78 is 50.7. The highest BCUT2D eigenvalue weighted by molar-refractivity contribution is 6.30. The second-order valence-electron chi connectivity index (χ2n) is 10.5. The van der Waals surface area contributed by atoms with Crippen molar-refractivity contribution in [3.8, 4) is 11.4 Å². The van der Waals surface area contributed by atoms with Crippen LogP contribution in [0.15, 0.2) is 71.8 Å².